The zero-order valence-corrected chi connectivity index (χ0v) is 57.1. The van der Waals surface area contributed by atoms with Gasteiger partial charge in [-0.1, -0.05) is 60.1 Å². The second-order valence-electron chi connectivity index (χ2n) is 32.4. The summed E-state index contributed by atoms with van der Waals surface area (Å²) in [5.74, 6) is -0.191. The van der Waals surface area contributed by atoms with Gasteiger partial charge in [-0.3, -0.25) is 4.79 Å². The van der Waals surface area contributed by atoms with Crippen LogP contribution in [0.15, 0.2) is 11.6 Å². The number of hydrogen-bond acceptors (Lipinski definition) is 30. The molecule has 31 heteroatoms. The van der Waals surface area contributed by atoms with Crippen LogP contribution >= 0.6 is 0 Å². The van der Waals surface area contributed by atoms with Gasteiger partial charge in [0.05, 0.1) is 56.8 Å². The van der Waals surface area contributed by atoms with E-state index >= 15 is 0 Å². The number of carboxylic acid groups (broad SMARTS) is 1. The van der Waals surface area contributed by atoms with E-state index < -0.39 is 234 Å². The third-order valence-corrected chi connectivity index (χ3v) is 25.8. The lowest BCUT2D eigenvalue weighted by molar-refractivity contribution is -0.387. The molecule has 0 aromatic heterocycles. The van der Waals surface area contributed by atoms with Crippen LogP contribution in [0.3, 0.4) is 0 Å². The van der Waals surface area contributed by atoms with E-state index in [0.717, 1.165) is 44.9 Å². The van der Waals surface area contributed by atoms with Crippen molar-refractivity contribution in [2.75, 3.05) is 33.0 Å². The fourth-order valence-electron chi connectivity index (χ4n) is 19.6. The first-order valence-corrected chi connectivity index (χ1v) is 35.1. The first-order chi connectivity index (χ1) is 46.0. The molecular formula is C67H108O31. The Labute approximate surface area is 569 Å². The van der Waals surface area contributed by atoms with Gasteiger partial charge in [-0.2, -0.15) is 0 Å². The highest BCUT2D eigenvalue weighted by molar-refractivity contribution is 5.76. The summed E-state index contributed by atoms with van der Waals surface area (Å²) in [6, 6.07) is 0. The molecule has 0 radical (unpaired) electrons. The van der Waals surface area contributed by atoms with Crippen LogP contribution < -0.4 is 0 Å². The highest BCUT2D eigenvalue weighted by Crippen LogP contribution is 2.76. The van der Waals surface area contributed by atoms with Gasteiger partial charge in [0.25, 0.3) is 0 Å². The Kier molecular flexibility index (Phi) is 21.9. The maximum atomic E-state index is 13.3. The molecule has 7 aliphatic heterocycles. The molecule has 38 unspecified atom stereocenters. The quantitative estimate of drug-likeness (QED) is 0.0584. The fraction of sp³-hybridized carbons (Fsp3) is 0.955. The second kappa shape index (κ2) is 28.4. The third-order valence-electron chi connectivity index (χ3n) is 25.8. The highest BCUT2D eigenvalue weighted by atomic mass is 16.8. The molecule has 7 heterocycles. The fourth-order valence-corrected chi connectivity index (χ4v) is 19.6. The van der Waals surface area contributed by atoms with Crippen molar-refractivity contribution in [2.45, 2.75) is 317 Å². The van der Waals surface area contributed by atoms with Crippen LogP contribution in [-0.2, 0) is 71.1 Å². The predicted molar refractivity (Wildman–Crippen MR) is 328 cm³/mol. The van der Waals surface area contributed by atoms with E-state index in [2.05, 4.69) is 54.5 Å². The summed E-state index contributed by atoms with van der Waals surface area (Å²) >= 11 is 0. The number of aliphatic hydroxyl groups is 15. The molecule has 98 heavy (non-hydrogen) atoms. The van der Waals surface area contributed by atoms with Gasteiger partial charge in [-0.25, -0.2) is 0 Å². The Hall–Kier alpha value is -1.95. The molecule has 0 bridgehead atoms. The van der Waals surface area contributed by atoms with E-state index in [1.807, 2.05) is 0 Å². The lowest BCUT2D eigenvalue weighted by Crippen LogP contribution is -2.66. The van der Waals surface area contributed by atoms with Crippen molar-refractivity contribution in [3.63, 3.8) is 0 Å². The topological polar surface area (TPSA) is 470 Å². The molecule has 11 fully saturated rings. The van der Waals surface area contributed by atoms with Gasteiger partial charge >= 0.3 is 5.97 Å². The number of aliphatic hydroxyl groups excluding tert-OH is 15. The highest BCUT2D eigenvalue weighted by Gasteiger charge is 2.70. The summed E-state index contributed by atoms with van der Waals surface area (Å²) in [6.07, 6.45) is -39.0. The molecule has 5 aliphatic carbocycles. The number of aliphatic carboxylic acids is 1. The molecule has 38 atom stereocenters. The van der Waals surface area contributed by atoms with E-state index in [1.54, 1.807) is 0 Å². The molecule has 16 N–H and O–H groups in total. The first-order valence-electron chi connectivity index (χ1n) is 35.1. The van der Waals surface area contributed by atoms with Crippen molar-refractivity contribution >= 4 is 5.97 Å². The van der Waals surface area contributed by atoms with Crippen molar-refractivity contribution in [3.05, 3.63) is 11.6 Å². The normalized spacial score (nSPS) is 55.0. The Bertz CT molecular complexity index is 2790. The van der Waals surface area contributed by atoms with Crippen LogP contribution in [0.4, 0.5) is 0 Å². The van der Waals surface area contributed by atoms with E-state index in [4.69, 9.17) is 66.3 Å². The van der Waals surface area contributed by atoms with Gasteiger partial charge in [0.1, 0.15) is 128 Å². The van der Waals surface area contributed by atoms with Crippen molar-refractivity contribution in [2.24, 2.45) is 50.2 Å². The zero-order chi connectivity index (χ0) is 71.0. The summed E-state index contributed by atoms with van der Waals surface area (Å²) in [5.41, 5.74) is -0.195. The Balaban J connectivity index is 0.658. The van der Waals surface area contributed by atoms with Crippen LogP contribution in [0.25, 0.3) is 0 Å². The second-order valence-corrected chi connectivity index (χ2v) is 32.4. The first kappa shape index (κ1) is 75.7. The standard InChI is InChI=1S/C67H108O31/c1-26-38(72)52(97-57-47(81)51(33(71)24-87-57)96-58-45(79)42(76)49(27(2)91-58)94-56-46(80)50(32(70)23-86-56)95-55-44(78)41(75)34(25-89-55)92-54-43(77)39(73)30(68)21-85-54)48(82)59(90-26)98-53-40(74)31(69)22-88-60(53)93-37-13-14-64(7)35(63(37,5)6)12-15-66(9)36(64)11-10-28-29-20-62(3,4)16-18-67(29,61(83)84)19-17-65(28,66)8/h10,26-27,29-60,68-82H,11-25H2,1-9H3,(H,83,84). The average Bonchev–Trinajstić information content (AvgIpc) is 0.676. The molecule has 0 amide bonds. The maximum absolute atomic E-state index is 13.3. The number of hydrogen-bond donors (Lipinski definition) is 16. The van der Waals surface area contributed by atoms with Crippen molar-refractivity contribution in [3.8, 4) is 0 Å². The minimum atomic E-state index is -2.00. The van der Waals surface area contributed by atoms with Crippen molar-refractivity contribution in [1.29, 1.82) is 0 Å². The molecule has 562 valence electrons. The Morgan fingerprint density at radius 3 is 1.56 bits per heavy atom. The molecule has 12 aliphatic rings. The van der Waals surface area contributed by atoms with Crippen LogP contribution in [0.1, 0.15) is 127 Å². The van der Waals surface area contributed by atoms with Crippen LogP contribution in [0.2, 0.25) is 0 Å². The number of allylic oxidation sites excluding steroid dienone is 2. The Morgan fingerprint density at radius 2 is 0.918 bits per heavy atom. The van der Waals surface area contributed by atoms with E-state index in [-0.39, 0.29) is 40.1 Å². The van der Waals surface area contributed by atoms with Crippen molar-refractivity contribution < 1.29 is 153 Å². The molecule has 0 aromatic rings. The number of ether oxygens (including phenoxy) is 14. The number of carbonyl (C=O) groups is 1. The van der Waals surface area contributed by atoms with Crippen LogP contribution in [-0.4, -0.2) is 311 Å². The monoisotopic (exact) mass is 1410 g/mol. The molecule has 0 aromatic carbocycles. The predicted octanol–water partition coefficient (Wildman–Crippen LogP) is -2.75. The summed E-state index contributed by atoms with van der Waals surface area (Å²) in [7, 11) is 0. The zero-order valence-electron chi connectivity index (χ0n) is 57.1. The summed E-state index contributed by atoms with van der Waals surface area (Å²) < 4.78 is 82.7. The largest absolute Gasteiger partial charge is 0.481 e. The van der Waals surface area contributed by atoms with Crippen LogP contribution in [0.5, 0.6) is 0 Å². The third kappa shape index (κ3) is 13.2. The number of rotatable bonds is 15. The molecule has 0 spiro atoms. The SMILES string of the molecule is CC1OC(OC2C(OC3CCC4(C)C(CCC5(C)C4CC=C4C6CC(C)(C)CCC6(C(=O)O)CCC45C)C3(C)C)OCC(O)C2O)C(O)C(OC2OCC(O)C(OC3OC(C)C(OC4OCC(O)C(OC5OCC(OC6OCC(O)C(O)C6O)C(O)C5O)C4O)C(O)C3O)C2O)C1O. The van der Waals surface area contributed by atoms with Gasteiger partial charge in [-0.05, 0) is 123 Å². The lowest BCUT2D eigenvalue weighted by atomic mass is 9.33. The number of carboxylic acids is 1. The molecular weight excluding hydrogens is 1300 g/mol. The van der Waals surface area contributed by atoms with Gasteiger partial charge < -0.3 is 148 Å². The number of fused-ring (bicyclic) bond motifs is 7. The van der Waals surface area contributed by atoms with Gasteiger partial charge in [-0.15, -0.1) is 0 Å². The maximum Gasteiger partial charge on any atom is 0.310 e. The minimum Gasteiger partial charge on any atom is -0.481 e. The molecule has 12 rings (SSSR count). The molecule has 7 saturated heterocycles. The van der Waals surface area contributed by atoms with Gasteiger partial charge in [0.2, 0.25) is 0 Å². The van der Waals surface area contributed by atoms with E-state index in [9.17, 15) is 86.5 Å². The molecule has 31 nitrogen and oxygen atoms in total. The lowest BCUT2D eigenvalue weighted by Gasteiger charge is -2.71. The smallest absolute Gasteiger partial charge is 0.310 e. The average molecular weight is 1410 g/mol. The van der Waals surface area contributed by atoms with Gasteiger partial charge in [0, 0.05) is 0 Å². The van der Waals surface area contributed by atoms with Crippen molar-refractivity contribution in [1.82, 2.24) is 0 Å². The minimum absolute atomic E-state index is 0.0105. The van der Waals surface area contributed by atoms with E-state index in [0.29, 0.717) is 25.2 Å². The van der Waals surface area contributed by atoms with Gasteiger partial charge in [0.15, 0.2) is 44.0 Å². The molecule has 4 saturated carbocycles. The Morgan fingerprint density at radius 1 is 0.429 bits per heavy atom. The van der Waals surface area contributed by atoms with Crippen LogP contribution in [0, 0.1) is 50.2 Å². The summed E-state index contributed by atoms with van der Waals surface area (Å²) in [5, 5.41) is 177. The van der Waals surface area contributed by atoms with E-state index in [1.165, 1.54) is 19.4 Å². The summed E-state index contributed by atoms with van der Waals surface area (Å²) in [4.78, 5) is 13.3. The summed E-state index contributed by atoms with van der Waals surface area (Å²) in [6.45, 7) is 16.8.